The van der Waals surface area contributed by atoms with Crippen molar-refractivity contribution in [3.8, 4) is 0 Å². The fourth-order valence-electron chi connectivity index (χ4n) is 1.50. The molecule has 2 N–H and O–H groups in total. The van der Waals surface area contributed by atoms with Gasteiger partial charge in [0.25, 0.3) is 0 Å². The first-order valence-electron chi connectivity index (χ1n) is 4.80. The van der Waals surface area contributed by atoms with Crippen molar-refractivity contribution in [3.63, 3.8) is 0 Å². The lowest BCUT2D eigenvalue weighted by molar-refractivity contribution is 0.625. The van der Waals surface area contributed by atoms with Crippen LogP contribution in [-0.4, -0.2) is 9.78 Å². The van der Waals surface area contributed by atoms with Gasteiger partial charge in [0.2, 0.25) is 0 Å². The molecule has 84 valence electrons. The quantitative estimate of drug-likeness (QED) is 0.876. The van der Waals surface area contributed by atoms with Crippen molar-refractivity contribution in [3.05, 3.63) is 46.4 Å². The smallest absolute Gasteiger partial charge is 0.141 e. The number of nitrogens with two attached hydrogens (primary N) is 1. The zero-order valence-electron chi connectivity index (χ0n) is 8.74. The van der Waals surface area contributed by atoms with Crippen LogP contribution in [-0.2, 0) is 6.54 Å². The van der Waals surface area contributed by atoms with Gasteiger partial charge in [0.15, 0.2) is 0 Å². The molecule has 0 bridgehead atoms. The normalized spacial score (nSPS) is 10.7. The van der Waals surface area contributed by atoms with Gasteiger partial charge in [-0.25, -0.2) is 9.07 Å². The van der Waals surface area contributed by atoms with E-state index in [2.05, 4.69) is 5.10 Å². The predicted molar refractivity (Wildman–Crippen MR) is 61.9 cm³/mol. The van der Waals surface area contributed by atoms with Crippen LogP contribution in [0.3, 0.4) is 0 Å². The Bertz CT molecular complexity index is 522. The average Bonchev–Trinajstić information content (AvgIpc) is 2.51. The van der Waals surface area contributed by atoms with Crippen molar-refractivity contribution in [1.82, 2.24) is 9.78 Å². The molecule has 1 heterocycles. The number of aromatic nitrogens is 2. The summed E-state index contributed by atoms with van der Waals surface area (Å²) >= 11 is 5.69. The Hall–Kier alpha value is -1.55. The Morgan fingerprint density at radius 2 is 2.19 bits per heavy atom. The molecule has 1 aromatic heterocycles. The molecular weight excluding hydrogens is 229 g/mol. The Labute approximate surface area is 97.6 Å². The molecule has 2 aromatic rings. The van der Waals surface area contributed by atoms with E-state index in [1.165, 1.54) is 6.07 Å². The summed E-state index contributed by atoms with van der Waals surface area (Å²) in [5, 5.41) is 4.32. The van der Waals surface area contributed by atoms with Gasteiger partial charge in [0.1, 0.15) is 11.6 Å². The predicted octanol–water partition coefficient (Wildman–Crippen LogP) is 2.61. The lowest BCUT2D eigenvalue weighted by Crippen LogP contribution is -2.05. The van der Waals surface area contributed by atoms with Gasteiger partial charge in [-0.2, -0.15) is 5.10 Å². The molecule has 0 aliphatic heterocycles. The maximum atomic E-state index is 12.9. The van der Waals surface area contributed by atoms with Gasteiger partial charge in [0, 0.05) is 6.07 Å². The van der Waals surface area contributed by atoms with Crippen LogP contribution in [0.15, 0.2) is 24.3 Å². The molecular formula is C11H11ClFN3. The van der Waals surface area contributed by atoms with E-state index in [0.29, 0.717) is 12.4 Å². The summed E-state index contributed by atoms with van der Waals surface area (Å²) in [6, 6.07) is 6.36. The lowest BCUT2D eigenvalue weighted by atomic mass is 10.2. The Kier molecular flexibility index (Phi) is 2.83. The van der Waals surface area contributed by atoms with E-state index in [9.17, 15) is 4.39 Å². The summed E-state index contributed by atoms with van der Waals surface area (Å²) in [6.07, 6.45) is 0. The minimum absolute atomic E-state index is 0.111. The number of hydrogen-bond acceptors (Lipinski definition) is 2. The molecule has 0 unspecified atom stereocenters. The van der Waals surface area contributed by atoms with E-state index in [1.54, 1.807) is 22.9 Å². The van der Waals surface area contributed by atoms with Crippen LogP contribution in [0.25, 0.3) is 0 Å². The van der Waals surface area contributed by atoms with Crippen LogP contribution in [0.4, 0.5) is 10.2 Å². The van der Waals surface area contributed by atoms with Crippen LogP contribution < -0.4 is 5.73 Å². The van der Waals surface area contributed by atoms with Gasteiger partial charge in [0.05, 0.1) is 17.3 Å². The van der Waals surface area contributed by atoms with Gasteiger partial charge < -0.3 is 5.73 Å². The second-order valence-corrected chi connectivity index (χ2v) is 4.02. The molecule has 0 aliphatic rings. The van der Waals surface area contributed by atoms with E-state index < -0.39 is 5.82 Å². The topological polar surface area (TPSA) is 43.8 Å². The van der Waals surface area contributed by atoms with Crippen molar-refractivity contribution in [1.29, 1.82) is 0 Å². The van der Waals surface area contributed by atoms with E-state index in [0.717, 1.165) is 11.3 Å². The molecule has 0 atom stereocenters. The number of benzene rings is 1. The monoisotopic (exact) mass is 239 g/mol. The van der Waals surface area contributed by atoms with Crippen LogP contribution in [0.2, 0.25) is 5.02 Å². The molecule has 0 saturated heterocycles. The average molecular weight is 240 g/mol. The zero-order chi connectivity index (χ0) is 11.7. The van der Waals surface area contributed by atoms with Crippen molar-refractivity contribution >= 4 is 17.4 Å². The van der Waals surface area contributed by atoms with Crippen molar-refractivity contribution in [2.45, 2.75) is 13.5 Å². The highest BCUT2D eigenvalue weighted by molar-refractivity contribution is 6.30. The first-order valence-corrected chi connectivity index (χ1v) is 5.18. The zero-order valence-corrected chi connectivity index (χ0v) is 9.50. The molecule has 1 aromatic carbocycles. The molecule has 0 saturated carbocycles. The molecule has 0 spiro atoms. The number of anilines is 1. The van der Waals surface area contributed by atoms with Crippen LogP contribution in [0, 0.1) is 12.7 Å². The second kappa shape index (κ2) is 4.14. The number of aryl methyl sites for hydroxylation is 1. The third-order valence-electron chi connectivity index (χ3n) is 2.25. The summed E-state index contributed by atoms with van der Waals surface area (Å²) in [5.74, 6) is 0.160. The third-order valence-corrected chi connectivity index (χ3v) is 2.54. The molecule has 0 aliphatic carbocycles. The van der Waals surface area contributed by atoms with Crippen LogP contribution in [0.1, 0.15) is 11.3 Å². The van der Waals surface area contributed by atoms with Gasteiger partial charge in [-0.3, -0.25) is 0 Å². The van der Waals surface area contributed by atoms with E-state index in [1.807, 2.05) is 6.92 Å². The van der Waals surface area contributed by atoms with E-state index >= 15 is 0 Å². The highest BCUT2D eigenvalue weighted by Gasteiger charge is 2.05. The van der Waals surface area contributed by atoms with E-state index in [4.69, 9.17) is 17.3 Å². The van der Waals surface area contributed by atoms with Gasteiger partial charge in [-0.05, 0) is 24.6 Å². The number of rotatable bonds is 2. The minimum atomic E-state index is -0.421. The van der Waals surface area contributed by atoms with Crippen LogP contribution in [0.5, 0.6) is 0 Å². The van der Waals surface area contributed by atoms with Gasteiger partial charge >= 0.3 is 0 Å². The Morgan fingerprint density at radius 3 is 2.75 bits per heavy atom. The molecule has 0 amide bonds. The molecule has 3 nitrogen and oxygen atoms in total. The molecule has 2 rings (SSSR count). The highest BCUT2D eigenvalue weighted by Crippen LogP contribution is 2.17. The van der Waals surface area contributed by atoms with Crippen molar-refractivity contribution in [2.75, 3.05) is 5.73 Å². The maximum Gasteiger partial charge on any atom is 0.141 e. The summed E-state index contributed by atoms with van der Waals surface area (Å²) < 4.78 is 14.6. The minimum Gasteiger partial charge on any atom is -0.384 e. The van der Waals surface area contributed by atoms with E-state index in [-0.39, 0.29) is 5.02 Å². The number of nitrogen functional groups attached to an aromatic ring is 1. The molecule has 0 radical (unpaired) electrons. The fraction of sp³-hybridized carbons (Fsp3) is 0.182. The summed E-state index contributed by atoms with van der Waals surface area (Å²) in [7, 11) is 0. The third kappa shape index (κ3) is 2.17. The van der Waals surface area contributed by atoms with Crippen LogP contribution >= 0.6 is 11.6 Å². The summed E-state index contributed by atoms with van der Waals surface area (Å²) in [6.45, 7) is 2.35. The SMILES string of the molecule is Cc1cc(N)n(Cc2ccc(F)c(Cl)c2)n1. The Morgan fingerprint density at radius 1 is 1.44 bits per heavy atom. The van der Waals surface area contributed by atoms with Crippen molar-refractivity contribution in [2.24, 2.45) is 0 Å². The van der Waals surface area contributed by atoms with Crippen molar-refractivity contribution < 1.29 is 4.39 Å². The molecule has 16 heavy (non-hydrogen) atoms. The largest absolute Gasteiger partial charge is 0.384 e. The number of halogens is 2. The fourth-order valence-corrected chi connectivity index (χ4v) is 1.71. The number of nitrogens with zero attached hydrogens (tertiary/aromatic N) is 2. The maximum absolute atomic E-state index is 12.9. The highest BCUT2D eigenvalue weighted by atomic mass is 35.5. The lowest BCUT2D eigenvalue weighted by Gasteiger charge is -2.05. The Balaban J connectivity index is 2.27. The first kappa shape index (κ1) is 11.0. The summed E-state index contributed by atoms with van der Waals surface area (Å²) in [4.78, 5) is 0. The number of hydrogen-bond donors (Lipinski definition) is 1. The first-order chi connectivity index (χ1) is 7.56. The molecule has 0 fully saturated rings. The van der Waals surface area contributed by atoms with Gasteiger partial charge in [-0.1, -0.05) is 17.7 Å². The standard InChI is InChI=1S/C11H11ClFN3/c1-7-4-11(14)16(15-7)6-8-2-3-10(13)9(12)5-8/h2-5H,6,14H2,1H3. The molecule has 5 heteroatoms. The second-order valence-electron chi connectivity index (χ2n) is 3.62. The van der Waals surface area contributed by atoms with Gasteiger partial charge in [-0.15, -0.1) is 0 Å². The summed E-state index contributed by atoms with van der Waals surface area (Å²) in [5.41, 5.74) is 7.47.